The molecule has 3 aromatic rings. The first-order valence-electron chi connectivity index (χ1n) is 11.6. The molecule has 0 aliphatic carbocycles. The molecule has 0 unspecified atom stereocenters. The average molecular weight is 502 g/mol. The fraction of sp³-hybridized carbons (Fsp3) is 0.370. The number of carboxylic acid groups (broad SMARTS) is 1. The van der Waals surface area contributed by atoms with Gasteiger partial charge in [-0.2, -0.15) is 0 Å². The molecule has 0 aliphatic heterocycles. The summed E-state index contributed by atoms with van der Waals surface area (Å²) >= 11 is 1.24. The van der Waals surface area contributed by atoms with Gasteiger partial charge in [0, 0.05) is 28.9 Å². The summed E-state index contributed by atoms with van der Waals surface area (Å²) in [5.74, 6) is -0.629. The molecule has 2 aromatic carbocycles. The molecular formula is C27H32N3NaO3S. The fourth-order valence-corrected chi connectivity index (χ4v) is 4.55. The number of aryl methyl sites for hydroxylation is 3. The van der Waals surface area contributed by atoms with Gasteiger partial charge in [0.15, 0.2) is 0 Å². The van der Waals surface area contributed by atoms with E-state index in [0.717, 1.165) is 58.9 Å². The van der Waals surface area contributed by atoms with Gasteiger partial charge in [-0.15, -0.1) is 11.8 Å². The first-order valence-corrected chi connectivity index (χ1v) is 12.4. The van der Waals surface area contributed by atoms with Crippen LogP contribution in [0.25, 0.3) is 11.4 Å². The Labute approximate surface area is 234 Å². The van der Waals surface area contributed by atoms with Gasteiger partial charge in [-0.1, -0.05) is 49.6 Å². The summed E-state index contributed by atoms with van der Waals surface area (Å²) in [7, 11) is 0. The minimum atomic E-state index is -1.10. The average Bonchev–Trinajstić information content (AvgIpc) is 3.20. The molecule has 0 spiro atoms. The summed E-state index contributed by atoms with van der Waals surface area (Å²) in [6, 6.07) is 13.5. The van der Waals surface area contributed by atoms with Crippen LogP contribution >= 0.6 is 11.8 Å². The van der Waals surface area contributed by atoms with E-state index in [1.807, 2.05) is 67.1 Å². The maximum absolute atomic E-state index is 13.0. The number of hydrogen-bond donors (Lipinski definition) is 1. The third-order valence-electron chi connectivity index (χ3n) is 5.62. The van der Waals surface area contributed by atoms with Gasteiger partial charge in [-0.05, 0) is 57.9 Å². The molecular weight excluding hydrogens is 469 g/mol. The van der Waals surface area contributed by atoms with Crippen LogP contribution in [0.5, 0.6) is 0 Å². The van der Waals surface area contributed by atoms with Crippen LogP contribution in [0, 0.1) is 13.8 Å². The number of carbonyl (C=O) groups excluding carboxylic acids is 2. The van der Waals surface area contributed by atoms with E-state index >= 15 is 0 Å². The van der Waals surface area contributed by atoms with Crippen LogP contribution < -0.4 is 40.0 Å². The van der Waals surface area contributed by atoms with Crippen molar-refractivity contribution >= 4 is 29.3 Å². The van der Waals surface area contributed by atoms with Crippen LogP contribution in [0.15, 0.2) is 53.6 Å². The van der Waals surface area contributed by atoms with Gasteiger partial charge in [0.05, 0.1) is 10.7 Å². The number of amides is 1. The van der Waals surface area contributed by atoms with E-state index in [2.05, 4.69) is 17.2 Å². The Balaban J connectivity index is 0.00000432. The zero-order chi connectivity index (χ0) is 24.9. The van der Waals surface area contributed by atoms with E-state index in [4.69, 9.17) is 0 Å². The summed E-state index contributed by atoms with van der Waals surface area (Å²) in [6.45, 7) is 10.2. The van der Waals surface area contributed by atoms with E-state index in [1.165, 1.54) is 11.8 Å². The number of anilines is 1. The monoisotopic (exact) mass is 501 g/mol. The third-order valence-corrected chi connectivity index (χ3v) is 6.80. The largest absolute Gasteiger partial charge is 1.00 e. The molecule has 35 heavy (non-hydrogen) atoms. The van der Waals surface area contributed by atoms with Gasteiger partial charge in [0.2, 0.25) is 0 Å². The van der Waals surface area contributed by atoms with Crippen LogP contribution in [0.4, 0.5) is 5.69 Å². The first-order chi connectivity index (χ1) is 16.1. The molecule has 0 saturated heterocycles. The first kappa shape index (κ1) is 29.2. The quantitative estimate of drug-likeness (QED) is 0.262. The zero-order valence-electron chi connectivity index (χ0n) is 21.5. The van der Waals surface area contributed by atoms with Crippen molar-refractivity contribution in [3.8, 4) is 11.4 Å². The molecule has 8 heteroatoms. The molecule has 3 rings (SSSR count). The number of nitrogens with one attached hydrogen (secondary N) is 1. The Morgan fingerprint density at radius 1 is 1.09 bits per heavy atom. The van der Waals surface area contributed by atoms with Crippen molar-refractivity contribution in [1.82, 2.24) is 9.55 Å². The summed E-state index contributed by atoms with van der Waals surface area (Å²) in [6.07, 6.45) is 5.00. The van der Waals surface area contributed by atoms with E-state index in [9.17, 15) is 14.7 Å². The SMILES string of the molecule is CCCCCn1cc(C(=O)Nc2ccc(C)cc2C)nc1-c1ccc(SC(C)(C)C(=O)[O-])cc1.[Na+]. The molecule has 0 radical (unpaired) electrons. The van der Waals surface area contributed by atoms with Gasteiger partial charge >= 0.3 is 29.6 Å². The van der Waals surface area contributed by atoms with Gasteiger partial charge in [0.25, 0.3) is 5.91 Å². The molecule has 1 N–H and O–H groups in total. The Bertz CT molecular complexity index is 1170. The number of unbranched alkanes of at least 4 members (excludes halogenated alkanes) is 2. The normalized spacial score (nSPS) is 11.1. The van der Waals surface area contributed by atoms with E-state index < -0.39 is 10.7 Å². The minimum absolute atomic E-state index is 0. The standard InChI is InChI=1S/C27H33N3O3S.Na/c1-6-7-8-15-30-17-23(25(31)29-22-14-9-18(2)16-19(22)3)28-24(30)20-10-12-21(13-11-20)34-27(4,5)26(32)33;/h9-14,16-17H,6-8,15H2,1-5H3,(H,29,31)(H,32,33);/q;+1/p-1. The number of benzene rings is 2. The van der Waals surface area contributed by atoms with Crippen molar-refractivity contribution in [2.45, 2.75) is 70.1 Å². The van der Waals surface area contributed by atoms with Crippen molar-refractivity contribution in [1.29, 1.82) is 0 Å². The second-order valence-corrected chi connectivity index (χ2v) is 10.7. The second kappa shape index (κ2) is 12.8. The molecule has 0 saturated carbocycles. The van der Waals surface area contributed by atoms with Crippen LogP contribution in [0.3, 0.4) is 0 Å². The van der Waals surface area contributed by atoms with E-state index in [1.54, 1.807) is 13.8 Å². The molecule has 0 bridgehead atoms. The van der Waals surface area contributed by atoms with Gasteiger partial charge in [-0.25, -0.2) is 4.98 Å². The summed E-state index contributed by atoms with van der Waals surface area (Å²) in [5, 5.41) is 14.3. The van der Waals surface area contributed by atoms with E-state index in [-0.39, 0.29) is 35.5 Å². The number of rotatable bonds is 10. The molecule has 0 fully saturated rings. The number of imidazole rings is 1. The van der Waals surface area contributed by atoms with Crippen molar-refractivity contribution in [2.75, 3.05) is 5.32 Å². The summed E-state index contributed by atoms with van der Waals surface area (Å²) < 4.78 is 0.999. The van der Waals surface area contributed by atoms with Gasteiger partial charge < -0.3 is 19.8 Å². The van der Waals surface area contributed by atoms with Crippen molar-refractivity contribution in [3.05, 3.63) is 65.5 Å². The predicted molar refractivity (Wildman–Crippen MR) is 136 cm³/mol. The van der Waals surface area contributed by atoms with Crippen molar-refractivity contribution in [3.63, 3.8) is 0 Å². The van der Waals surface area contributed by atoms with Crippen molar-refractivity contribution < 1.29 is 44.3 Å². The number of carboxylic acids is 1. The molecule has 0 aliphatic rings. The number of aromatic nitrogens is 2. The zero-order valence-corrected chi connectivity index (χ0v) is 24.3. The molecule has 0 atom stereocenters. The Kier molecular flexibility index (Phi) is 10.6. The number of thioether (sulfide) groups is 1. The van der Waals surface area contributed by atoms with Crippen LogP contribution in [0.2, 0.25) is 0 Å². The van der Waals surface area contributed by atoms with Crippen LogP contribution in [-0.2, 0) is 11.3 Å². The third kappa shape index (κ3) is 7.71. The number of nitrogens with zero attached hydrogens (tertiary/aromatic N) is 2. The Morgan fingerprint density at radius 2 is 1.77 bits per heavy atom. The molecule has 1 heterocycles. The van der Waals surface area contributed by atoms with Gasteiger partial charge in [-0.3, -0.25) is 4.79 Å². The maximum atomic E-state index is 13.0. The van der Waals surface area contributed by atoms with Crippen LogP contribution in [-0.4, -0.2) is 26.2 Å². The number of carbonyl (C=O) groups is 2. The second-order valence-electron chi connectivity index (χ2n) is 9.05. The summed E-state index contributed by atoms with van der Waals surface area (Å²) in [5.41, 5.74) is 4.15. The Morgan fingerprint density at radius 3 is 2.37 bits per heavy atom. The fourth-order valence-electron chi connectivity index (χ4n) is 3.61. The predicted octanol–water partition coefficient (Wildman–Crippen LogP) is 2.23. The van der Waals surface area contributed by atoms with E-state index in [0.29, 0.717) is 5.69 Å². The number of aliphatic carboxylic acids is 1. The summed E-state index contributed by atoms with van der Waals surface area (Å²) in [4.78, 5) is 29.8. The molecule has 6 nitrogen and oxygen atoms in total. The topological polar surface area (TPSA) is 87.0 Å². The molecule has 1 aromatic heterocycles. The smallest absolute Gasteiger partial charge is 0.549 e. The van der Waals surface area contributed by atoms with Gasteiger partial charge in [0.1, 0.15) is 11.5 Å². The maximum Gasteiger partial charge on any atom is 1.00 e. The number of hydrogen-bond acceptors (Lipinski definition) is 5. The molecule has 1 amide bonds. The Hall–Kier alpha value is -2.06. The molecule has 180 valence electrons. The minimum Gasteiger partial charge on any atom is -0.549 e. The van der Waals surface area contributed by atoms with Crippen molar-refractivity contribution in [2.24, 2.45) is 0 Å². The van der Waals surface area contributed by atoms with Crippen LogP contribution in [0.1, 0.15) is 61.6 Å².